The molecule has 2 rings (SSSR count). The van der Waals surface area contributed by atoms with Crippen molar-refractivity contribution in [1.29, 1.82) is 0 Å². The summed E-state index contributed by atoms with van der Waals surface area (Å²) >= 11 is 0. The second-order valence-electron chi connectivity index (χ2n) is 6.14. The van der Waals surface area contributed by atoms with Crippen LogP contribution in [0.2, 0.25) is 0 Å². The zero-order chi connectivity index (χ0) is 14.8. The van der Waals surface area contributed by atoms with E-state index in [1.54, 1.807) is 0 Å². The Morgan fingerprint density at radius 1 is 1.19 bits per heavy atom. The molecule has 1 radical (unpaired) electrons. The van der Waals surface area contributed by atoms with Gasteiger partial charge in [0.15, 0.2) is 0 Å². The molecule has 2 aromatic rings. The fourth-order valence-electron chi connectivity index (χ4n) is 2.07. The molecule has 113 valence electrons. The van der Waals surface area contributed by atoms with E-state index in [0.717, 1.165) is 11.3 Å². The van der Waals surface area contributed by atoms with Gasteiger partial charge in [-0.05, 0) is 42.2 Å². The van der Waals surface area contributed by atoms with Crippen LogP contribution in [0.3, 0.4) is 0 Å². The van der Waals surface area contributed by atoms with E-state index < -0.39 is 0 Å². The number of pyridine rings is 1. The SMILES string of the molecule is C/C=C(\C)c1ccnc(-c2[c-]ccc(C(C)(C)C)c2)c1.[Ir]. The zero-order valence-electron chi connectivity index (χ0n) is 13.3. The predicted molar refractivity (Wildman–Crippen MR) is 86.5 cm³/mol. The summed E-state index contributed by atoms with van der Waals surface area (Å²) in [5.74, 6) is 0. The third-order valence-corrected chi connectivity index (χ3v) is 3.59. The van der Waals surface area contributed by atoms with Crippen LogP contribution in [-0.2, 0) is 25.5 Å². The molecule has 0 saturated carbocycles. The van der Waals surface area contributed by atoms with E-state index in [1.165, 1.54) is 16.7 Å². The molecule has 0 saturated heterocycles. The third kappa shape index (κ3) is 4.36. The maximum atomic E-state index is 4.49. The number of rotatable bonds is 2. The number of allylic oxidation sites excluding steroid dienone is 2. The Labute approximate surface area is 141 Å². The molecule has 0 unspecified atom stereocenters. The van der Waals surface area contributed by atoms with Crippen molar-refractivity contribution >= 4 is 5.57 Å². The molecular weight excluding hydrogens is 434 g/mol. The molecule has 0 bridgehead atoms. The van der Waals surface area contributed by atoms with Crippen LogP contribution in [0.15, 0.2) is 42.6 Å². The summed E-state index contributed by atoms with van der Waals surface area (Å²) in [4.78, 5) is 4.49. The van der Waals surface area contributed by atoms with Crippen molar-refractivity contribution in [2.75, 3.05) is 0 Å². The van der Waals surface area contributed by atoms with Gasteiger partial charge in [0.2, 0.25) is 0 Å². The van der Waals surface area contributed by atoms with Crippen LogP contribution in [0.4, 0.5) is 0 Å². The number of nitrogens with zero attached hydrogens (tertiary/aromatic N) is 1. The minimum Gasteiger partial charge on any atom is -0.305 e. The van der Waals surface area contributed by atoms with Crippen molar-refractivity contribution < 1.29 is 20.1 Å². The molecule has 1 nitrogen and oxygen atoms in total. The summed E-state index contributed by atoms with van der Waals surface area (Å²) in [5.41, 5.74) is 5.97. The van der Waals surface area contributed by atoms with E-state index in [1.807, 2.05) is 18.3 Å². The molecule has 0 amide bonds. The first-order valence-corrected chi connectivity index (χ1v) is 7.04. The Bertz CT molecular complexity index is 636. The van der Waals surface area contributed by atoms with E-state index >= 15 is 0 Å². The Kier molecular flexibility index (Phi) is 6.07. The minimum absolute atomic E-state index is 0. The van der Waals surface area contributed by atoms with Crippen molar-refractivity contribution in [3.05, 3.63) is 59.8 Å². The standard InChI is InChI=1S/C19H22N.Ir/c1-6-14(2)15-10-11-20-18(13-15)16-8-7-9-17(12-16)19(3,4)5;/h6-7,9-13H,1-5H3;/q-1;/b14-6+;. The fourth-order valence-corrected chi connectivity index (χ4v) is 2.07. The van der Waals surface area contributed by atoms with Gasteiger partial charge in [0, 0.05) is 26.3 Å². The monoisotopic (exact) mass is 457 g/mol. The summed E-state index contributed by atoms with van der Waals surface area (Å²) in [6.07, 6.45) is 3.99. The van der Waals surface area contributed by atoms with E-state index in [0.29, 0.717) is 0 Å². The van der Waals surface area contributed by atoms with Crippen LogP contribution in [0.5, 0.6) is 0 Å². The van der Waals surface area contributed by atoms with Crippen molar-refractivity contribution in [3.63, 3.8) is 0 Å². The second kappa shape index (κ2) is 7.15. The quantitative estimate of drug-likeness (QED) is 0.562. The molecule has 1 aromatic carbocycles. The van der Waals surface area contributed by atoms with Gasteiger partial charge in [-0.3, -0.25) is 0 Å². The van der Waals surface area contributed by atoms with Crippen molar-refractivity contribution in [2.24, 2.45) is 0 Å². The van der Waals surface area contributed by atoms with Crippen molar-refractivity contribution in [1.82, 2.24) is 4.98 Å². The van der Waals surface area contributed by atoms with Gasteiger partial charge in [0.25, 0.3) is 0 Å². The largest absolute Gasteiger partial charge is 0.305 e. The smallest absolute Gasteiger partial charge is 0.0166 e. The maximum Gasteiger partial charge on any atom is 0.0166 e. The minimum atomic E-state index is 0. The Hall–Kier alpha value is -1.24. The van der Waals surface area contributed by atoms with Crippen LogP contribution in [0.1, 0.15) is 45.7 Å². The van der Waals surface area contributed by atoms with E-state index in [9.17, 15) is 0 Å². The maximum absolute atomic E-state index is 4.49. The molecule has 0 atom stereocenters. The third-order valence-electron chi connectivity index (χ3n) is 3.59. The Morgan fingerprint density at radius 2 is 1.90 bits per heavy atom. The predicted octanol–water partition coefficient (Wildman–Crippen LogP) is 5.27. The first-order chi connectivity index (χ1) is 9.41. The topological polar surface area (TPSA) is 12.9 Å². The van der Waals surface area contributed by atoms with Gasteiger partial charge in [0.1, 0.15) is 0 Å². The van der Waals surface area contributed by atoms with Gasteiger partial charge in [-0.1, -0.05) is 32.9 Å². The Balaban J connectivity index is 0.00000220. The summed E-state index contributed by atoms with van der Waals surface area (Å²) in [6.45, 7) is 10.8. The molecule has 2 heteroatoms. The molecule has 1 aromatic heterocycles. The van der Waals surface area contributed by atoms with Gasteiger partial charge in [-0.2, -0.15) is 0 Å². The van der Waals surface area contributed by atoms with Gasteiger partial charge in [-0.15, -0.1) is 35.4 Å². The average Bonchev–Trinajstić information content (AvgIpc) is 2.46. The zero-order valence-corrected chi connectivity index (χ0v) is 15.7. The van der Waals surface area contributed by atoms with Gasteiger partial charge < -0.3 is 4.98 Å². The number of hydrogen-bond acceptors (Lipinski definition) is 1. The second-order valence-corrected chi connectivity index (χ2v) is 6.14. The molecule has 0 spiro atoms. The first kappa shape index (κ1) is 17.8. The van der Waals surface area contributed by atoms with Crippen LogP contribution in [0.25, 0.3) is 16.8 Å². The molecule has 0 N–H and O–H groups in total. The van der Waals surface area contributed by atoms with Gasteiger partial charge >= 0.3 is 0 Å². The molecule has 0 aliphatic heterocycles. The number of aromatic nitrogens is 1. The Morgan fingerprint density at radius 3 is 2.52 bits per heavy atom. The van der Waals surface area contributed by atoms with Crippen LogP contribution in [-0.4, -0.2) is 4.98 Å². The van der Waals surface area contributed by atoms with Gasteiger partial charge in [-0.25, -0.2) is 0 Å². The molecule has 0 aliphatic carbocycles. The number of hydrogen-bond donors (Lipinski definition) is 0. The van der Waals surface area contributed by atoms with Gasteiger partial charge in [0.05, 0.1) is 0 Å². The normalized spacial score (nSPS) is 12.0. The summed E-state index contributed by atoms with van der Waals surface area (Å²) < 4.78 is 0. The number of benzene rings is 1. The van der Waals surface area contributed by atoms with Crippen molar-refractivity contribution in [2.45, 2.75) is 40.0 Å². The van der Waals surface area contributed by atoms with E-state index in [2.05, 4.69) is 69.9 Å². The average molecular weight is 457 g/mol. The first-order valence-electron chi connectivity index (χ1n) is 7.04. The van der Waals surface area contributed by atoms with Crippen molar-refractivity contribution in [3.8, 4) is 11.3 Å². The van der Waals surface area contributed by atoms with Crippen LogP contribution in [0, 0.1) is 6.07 Å². The summed E-state index contributed by atoms with van der Waals surface area (Å²) in [5, 5.41) is 0. The van der Waals surface area contributed by atoms with E-state index in [-0.39, 0.29) is 25.5 Å². The summed E-state index contributed by atoms with van der Waals surface area (Å²) in [6, 6.07) is 13.8. The van der Waals surface area contributed by atoms with E-state index in [4.69, 9.17) is 0 Å². The van der Waals surface area contributed by atoms with Crippen LogP contribution >= 0.6 is 0 Å². The van der Waals surface area contributed by atoms with Crippen LogP contribution < -0.4 is 0 Å². The molecule has 0 aliphatic rings. The molecule has 1 heterocycles. The summed E-state index contributed by atoms with van der Waals surface area (Å²) in [7, 11) is 0. The molecule has 0 fully saturated rings. The fraction of sp³-hybridized carbons (Fsp3) is 0.316. The molecular formula is C19H22IrN-. The molecule has 21 heavy (non-hydrogen) atoms.